The number of benzene rings is 6. The second-order valence-corrected chi connectivity index (χ2v) is 18.6. The van der Waals surface area contributed by atoms with Gasteiger partial charge in [0.15, 0.2) is 0 Å². The van der Waals surface area contributed by atoms with Crippen LogP contribution in [0.3, 0.4) is 0 Å². The van der Waals surface area contributed by atoms with Gasteiger partial charge < -0.3 is 34.4 Å². The van der Waals surface area contributed by atoms with Gasteiger partial charge in [0.05, 0.1) is 34.2 Å². The molecule has 0 spiro atoms. The summed E-state index contributed by atoms with van der Waals surface area (Å²) in [7, 11) is 7.82. The molecule has 13 nitrogen and oxygen atoms in total. The average Bonchev–Trinajstić information content (AvgIpc) is 3.32. The molecule has 0 aliphatic carbocycles. The summed E-state index contributed by atoms with van der Waals surface area (Å²) in [6, 6.07) is 29.7. The second kappa shape index (κ2) is 22.7. The Morgan fingerprint density at radius 2 is 1.32 bits per heavy atom. The number of phenolic OH excluding ortho intramolecular Hbond substituents is 1. The van der Waals surface area contributed by atoms with Gasteiger partial charge in [0.1, 0.15) is 23.9 Å². The van der Waals surface area contributed by atoms with Crippen LogP contribution >= 0.6 is 11.8 Å². The number of carbonyl (C=O) groups is 2. The van der Waals surface area contributed by atoms with E-state index in [9.17, 15) is 24.8 Å². The molecule has 68 heavy (non-hydrogen) atoms. The van der Waals surface area contributed by atoms with Crippen LogP contribution in [0.4, 0.5) is 38.9 Å². The van der Waals surface area contributed by atoms with E-state index in [2.05, 4.69) is 12.2 Å². The third-order valence-corrected chi connectivity index (χ3v) is 13.1. The molecule has 0 radical (unpaired) electrons. The fraction of sp³-hybridized carbons (Fsp3) is 0.333. The topological polar surface area (TPSA) is 147 Å². The number of fused-ring (bicyclic) bond motifs is 3. The van der Waals surface area contributed by atoms with Gasteiger partial charge in [-0.3, -0.25) is 14.9 Å². The Morgan fingerprint density at radius 3 is 1.94 bits per heavy atom. The number of ether oxygens (including phenoxy) is 3. The van der Waals surface area contributed by atoms with E-state index in [0.29, 0.717) is 45.8 Å². The molecule has 0 atom stereocenters. The number of amides is 2. The number of nitro groups is 1. The lowest BCUT2D eigenvalue weighted by molar-refractivity contribution is -0.385. The summed E-state index contributed by atoms with van der Waals surface area (Å²) in [5, 5.41) is 27.8. The molecule has 0 saturated heterocycles. The first-order chi connectivity index (χ1) is 32.8. The molecular weight excluding hydrogens is 879 g/mol. The molecule has 2 amide bonds. The number of aryl methyl sites for hydroxylation is 1. The molecule has 1 aliphatic rings. The number of nitrogens with zero attached hydrogens (tertiary/aromatic N) is 4. The van der Waals surface area contributed by atoms with Crippen LogP contribution in [-0.4, -0.2) is 56.8 Å². The van der Waals surface area contributed by atoms with Gasteiger partial charge in [0.25, 0.3) is 5.91 Å². The summed E-state index contributed by atoms with van der Waals surface area (Å²) < 4.78 is 18.3. The van der Waals surface area contributed by atoms with Gasteiger partial charge in [-0.25, -0.2) is 9.69 Å². The van der Waals surface area contributed by atoms with Gasteiger partial charge in [0.2, 0.25) is 5.75 Å². The van der Waals surface area contributed by atoms with Crippen molar-refractivity contribution in [1.29, 1.82) is 0 Å². The molecule has 1 heterocycles. The third-order valence-electron chi connectivity index (χ3n) is 12.0. The maximum Gasteiger partial charge on any atom is 0.419 e. The number of phenols is 1. The van der Waals surface area contributed by atoms with Gasteiger partial charge in [-0.2, -0.15) is 0 Å². The Bertz CT molecular complexity index is 2720. The van der Waals surface area contributed by atoms with Gasteiger partial charge in [-0.05, 0) is 85.1 Å². The van der Waals surface area contributed by atoms with Crippen molar-refractivity contribution >= 4 is 68.7 Å². The highest BCUT2D eigenvalue weighted by atomic mass is 32.2. The number of hydrogen-bond donors (Lipinski definition) is 2. The lowest BCUT2D eigenvalue weighted by Gasteiger charge is -2.32. The largest absolute Gasteiger partial charge is 0.506 e. The summed E-state index contributed by atoms with van der Waals surface area (Å²) in [6.07, 6.45) is 11.4. The van der Waals surface area contributed by atoms with Crippen molar-refractivity contribution in [3.8, 4) is 23.0 Å². The minimum absolute atomic E-state index is 0.0952. The van der Waals surface area contributed by atoms with E-state index in [1.54, 1.807) is 42.1 Å². The molecule has 0 aromatic heterocycles. The predicted molar refractivity (Wildman–Crippen MR) is 273 cm³/mol. The first-order valence-electron chi connectivity index (χ1n) is 23.3. The number of hydrogen-bond acceptors (Lipinski definition) is 11. The standard InChI is InChI=1S/C54H61N5O8S/c1-7-8-9-10-11-12-13-14-15-18-29-65-47-27-21-36(2)30-43(47)55-53(61)42-34-49(40-19-16-17-20-41(40)52(42)60)67-48-28-22-37(31-46(48)59(63)64)35-66-54(62)58-44-25-23-38(56(3)4)32-50(44)68-51-33-39(57(5)6)24-26-45(51)58/h16-17,19-28,30-34,60H,7-15,18,29,35H2,1-6H3,(H,55,61). The van der Waals surface area contributed by atoms with Crippen molar-refractivity contribution in [2.45, 2.75) is 94.5 Å². The lowest BCUT2D eigenvalue weighted by atomic mass is 10.0. The minimum Gasteiger partial charge on any atom is -0.506 e. The maximum atomic E-state index is 14.0. The predicted octanol–water partition coefficient (Wildman–Crippen LogP) is 14.2. The molecule has 1 aliphatic heterocycles. The zero-order valence-electron chi connectivity index (χ0n) is 39.8. The number of nitro benzene ring substituents is 1. The SMILES string of the molecule is CCCCCCCCCCCCOc1ccc(C)cc1NC(=O)c1cc(Oc2ccc(COC(=O)N3c4ccc(N(C)C)cc4Sc4cc(N(C)C)ccc43)cc2[N+](=O)[O-])c2ccccc2c1O. The molecule has 7 rings (SSSR count). The van der Waals surface area contributed by atoms with E-state index in [1.165, 1.54) is 68.0 Å². The smallest absolute Gasteiger partial charge is 0.419 e. The van der Waals surface area contributed by atoms with Crippen molar-refractivity contribution < 1.29 is 33.8 Å². The number of aromatic hydroxyl groups is 1. The van der Waals surface area contributed by atoms with E-state index < -0.39 is 16.9 Å². The van der Waals surface area contributed by atoms with Gasteiger partial charge >= 0.3 is 11.8 Å². The molecule has 6 aromatic rings. The normalized spacial score (nSPS) is 11.7. The molecular formula is C54H61N5O8S. The Labute approximate surface area is 403 Å². The fourth-order valence-electron chi connectivity index (χ4n) is 8.16. The van der Waals surface area contributed by atoms with Crippen LogP contribution in [0.2, 0.25) is 0 Å². The highest BCUT2D eigenvalue weighted by Gasteiger charge is 2.31. The fourth-order valence-corrected chi connectivity index (χ4v) is 9.29. The molecule has 14 heteroatoms. The van der Waals surface area contributed by atoms with Gasteiger partial charge in [0, 0.05) is 66.2 Å². The Balaban J connectivity index is 1.06. The van der Waals surface area contributed by atoms with Crippen LogP contribution in [0.25, 0.3) is 10.8 Å². The lowest BCUT2D eigenvalue weighted by Crippen LogP contribution is -2.29. The van der Waals surface area contributed by atoms with Crippen molar-refractivity contribution in [2.75, 3.05) is 54.8 Å². The summed E-state index contributed by atoms with van der Waals surface area (Å²) in [6.45, 7) is 4.38. The van der Waals surface area contributed by atoms with Crippen LogP contribution in [0.15, 0.2) is 113 Å². The monoisotopic (exact) mass is 939 g/mol. The van der Waals surface area contributed by atoms with Crippen molar-refractivity contribution in [2.24, 2.45) is 0 Å². The molecule has 0 bridgehead atoms. The van der Waals surface area contributed by atoms with E-state index in [-0.39, 0.29) is 35.1 Å². The maximum absolute atomic E-state index is 14.0. The zero-order chi connectivity index (χ0) is 48.3. The van der Waals surface area contributed by atoms with Crippen LogP contribution in [-0.2, 0) is 11.3 Å². The zero-order valence-corrected chi connectivity index (χ0v) is 40.6. The summed E-state index contributed by atoms with van der Waals surface area (Å²) in [4.78, 5) is 47.4. The number of unbranched alkanes of at least 4 members (excludes halogenated alkanes) is 9. The quantitative estimate of drug-likeness (QED) is 0.0404. The van der Waals surface area contributed by atoms with Crippen LogP contribution in [0.5, 0.6) is 23.0 Å². The van der Waals surface area contributed by atoms with Gasteiger partial charge in [-0.1, -0.05) is 113 Å². The Morgan fingerprint density at radius 1 is 0.721 bits per heavy atom. The molecule has 356 valence electrons. The Kier molecular flexibility index (Phi) is 16.4. The van der Waals surface area contributed by atoms with Crippen molar-refractivity contribution in [1.82, 2.24) is 0 Å². The molecule has 0 saturated carbocycles. The molecule has 6 aromatic carbocycles. The first kappa shape index (κ1) is 49.0. The van der Waals surface area contributed by atoms with E-state index in [4.69, 9.17) is 14.2 Å². The van der Waals surface area contributed by atoms with E-state index >= 15 is 0 Å². The number of anilines is 5. The van der Waals surface area contributed by atoms with Crippen LogP contribution in [0, 0.1) is 17.0 Å². The molecule has 0 fully saturated rings. The second-order valence-electron chi connectivity index (χ2n) is 17.5. The first-order valence-corrected chi connectivity index (χ1v) is 24.2. The highest BCUT2D eigenvalue weighted by molar-refractivity contribution is 7.99. The molecule has 2 N–H and O–H groups in total. The third kappa shape index (κ3) is 11.8. The summed E-state index contributed by atoms with van der Waals surface area (Å²) in [5.74, 6) is -0.375. The van der Waals surface area contributed by atoms with E-state index in [0.717, 1.165) is 46.0 Å². The highest BCUT2D eigenvalue weighted by Crippen LogP contribution is 2.50. The van der Waals surface area contributed by atoms with Gasteiger partial charge in [-0.15, -0.1) is 0 Å². The van der Waals surface area contributed by atoms with Crippen molar-refractivity contribution in [3.05, 3.63) is 130 Å². The minimum atomic E-state index is -0.647. The van der Waals surface area contributed by atoms with Crippen molar-refractivity contribution in [3.63, 3.8) is 0 Å². The summed E-state index contributed by atoms with van der Waals surface area (Å²) >= 11 is 1.57. The Hall–Kier alpha value is -6.93. The van der Waals surface area contributed by atoms with E-state index in [1.807, 2.05) is 99.5 Å². The molecule has 0 unspecified atom stereocenters. The number of rotatable bonds is 21. The average molecular weight is 940 g/mol. The van der Waals surface area contributed by atoms with Crippen LogP contribution in [0.1, 0.15) is 92.6 Å². The summed E-state index contributed by atoms with van der Waals surface area (Å²) in [5.41, 5.74) is 4.50. The number of carbonyl (C=O) groups excluding carboxylic acids is 2. The number of nitrogens with one attached hydrogen (secondary N) is 1. The van der Waals surface area contributed by atoms with Crippen LogP contribution < -0.4 is 29.5 Å².